The average molecular weight is 361 g/mol. The van der Waals surface area contributed by atoms with Crippen molar-refractivity contribution in [1.82, 2.24) is 4.98 Å². The van der Waals surface area contributed by atoms with E-state index < -0.39 is 23.2 Å². The number of allylic oxidation sites excluding steroid dienone is 4. The van der Waals surface area contributed by atoms with Gasteiger partial charge < -0.3 is 24.8 Å². The second-order valence-electron chi connectivity index (χ2n) is 5.02. The summed E-state index contributed by atoms with van der Waals surface area (Å²) in [5, 5.41) is 0. The molecule has 1 heterocycles. The summed E-state index contributed by atoms with van der Waals surface area (Å²) in [6, 6.07) is 0. The van der Waals surface area contributed by atoms with Crippen molar-refractivity contribution in [3.8, 4) is 0 Å². The second-order valence-corrected chi connectivity index (χ2v) is 9.06. The summed E-state index contributed by atoms with van der Waals surface area (Å²) in [6.07, 6.45) is 9.84. The minimum atomic E-state index is -0.545. The number of aryl methyl sites for hydroxylation is 1. The molecule has 0 aliphatic heterocycles. The minimum absolute atomic E-state index is 0. The maximum Gasteiger partial charge on any atom is -1.00 e. The Hall–Kier alpha value is 0.223. The Labute approximate surface area is 133 Å². The van der Waals surface area contributed by atoms with Gasteiger partial charge in [-0.15, -0.1) is 0 Å². The van der Waals surface area contributed by atoms with Crippen molar-refractivity contribution >= 4 is 3.40 Å². The minimum Gasteiger partial charge on any atom is -1.00 e. The molecule has 0 bridgehead atoms. The normalized spacial score (nSPS) is 23.2. The number of nitrogens with one attached hydrogen (secondary N) is 1. The van der Waals surface area contributed by atoms with Crippen molar-refractivity contribution in [2.45, 2.75) is 36.7 Å². The third-order valence-corrected chi connectivity index (χ3v) is 8.95. The molecule has 1 N–H and O–H groups in total. The Balaban J connectivity index is 0.000000810. The molecule has 1 aromatic rings. The summed E-state index contributed by atoms with van der Waals surface area (Å²) in [7, 11) is 0. The van der Waals surface area contributed by atoms with E-state index in [0.29, 0.717) is 3.12 Å². The summed E-state index contributed by atoms with van der Waals surface area (Å²) in [4.78, 5) is 3.63. The van der Waals surface area contributed by atoms with Crippen LogP contribution in [0.25, 0.3) is 0 Å². The van der Waals surface area contributed by atoms with Gasteiger partial charge in [-0.3, -0.25) is 0 Å². The topological polar surface area (TPSA) is 15.8 Å². The molecule has 3 rings (SSSR count). The van der Waals surface area contributed by atoms with Crippen molar-refractivity contribution in [3.63, 3.8) is 0 Å². The first-order valence-corrected chi connectivity index (χ1v) is 8.41. The van der Waals surface area contributed by atoms with E-state index in [1.807, 2.05) is 0 Å². The van der Waals surface area contributed by atoms with Gasteiger partial charge in [-0.1, -0.05) is 0 Å². The summed E-state index contributed by atoms with van der Waals surface area (Å²) >= 11 is -0.545. The molecular weight excluding hydrogens is 344 g/mol. The van der Waals surface area contributed by atoms with Crippen molar-refractivity contribution < 1.29 is 48.0 Å². The summed E-state index contributed by atoms with van der Waals surface area (Å²) in [6.45, 7) is 6.72. The molecule has 1 saturated carbocycles. The first kappa shape index (κ1) is 16.3. The molecule has 0 spiro atoms. The fourth-order valence-electron chi connectivity index (χ4n) is 2.67. The van der Waals surface area contributed by atoms with Crippen molar-refractivity contribution in [1.29, 1.82) is 0 Å². The maximum absolute atomic E-state index is 3.63. The van der Waals surface area contributed by atoms with Gasteiger partial charge in [-0.2, -0.15) is 0 Å². The van der Waals surface area contributed by atoms with Gasteiger partial charge in [0.25, 0.3) is 0 Å². The van der Waals surface area contributed by atoms with Gasteiger partial charge in [-0.05, 0) is 0 Å². The fourth-order valence-corrected chi connectivity index (χ4v) is 7.26. The SMILES string of the molecule is Cc1[nH][c]([Zr+2][C]23C=CC=C2CC3)c(C)c1C.[Cl-].[Cl-]. The van der Waals surface area contributed by atoms with E-state index in [4.69, 9.17) is 0 Å². The molecule has 2 aliphatic carbocycles. The summed E-state index contributed by atoms with van der Waals surface area (Å²) in [5.41, 5.74) is 6.09. The van der Waals surface area contributed by atoms with Crippen LogP contribution in [0.15, 0.2) is 23.8 Å². The van der Waals surface area contributed by atoms with E-state index in [2.05, 4.69) is 44.0 Å². The first-order chi connectivity index (χ1) is 7.62. The third-order valence-electron chi connectivity index (χ3n) is 4.20. The molecule has 0 radical (unpaired) electrons. The Morgan fingerprint density at radius 3 is 2.33 bits per heavy atom. The molecule has 1 fully saturated rings. The Kier molecular flexibility index (Phi) is 5.15. The standard InChI is InChI=1S/C7H10N.C7H7.2ClH.Zr/c1-5-4-8-7(3)6(5)2;1-2-6-4-5-7(6)3-1;;;/h8H,1-3H3;1-3H,4-5H2;2*1H;/q;;;;+2/p-2. The number of aromatic nitrogens is 1. The van der Waals surface area contributed by atoms with Gasteiger partial charge >= 0.3 is 109 Å². The molecule has 0 saturated heterocycles. The first-order valence-electron chi connectivity index (χ1n) is 5.95. The van der Waals surface area contributed by atoms with Gasteiger partial charge in [0.2, 0.25) is 0 Å². The van der Waals surface area contributed by atoms with Crippen molar-refractivity contribution in [2.24, 2.45) is 0 Å². The van der Waals surface area contributed by atoms with E-state index in [1.54, 1.807) is 8.97 Å². The summed E-state index contributed by atoms with van der Waals surface area (Å²) < 4.78 is 2.16. The number of fused-ring (bicyclic) bond motifs is 1. The van der Waals surface area contributed by atoms with E-state index in [1.165, 1.54) is 29.7 Å². The number of hydrogen-bond donors (Lipinski definition) is 1. The van der Waals surface area contributed by atoms with Crippen LogP contribution in [0, 0.1) is 20.8 Å². The number of aromatic amines is 1. The monoisotopic (exact) mass is 359 g/mol. The van der Waals surface area contributed by atoms with Gasteiger partial charge in [0, 0.05) is 0 Å². The largest absolute Gasteiger partial charge is 1.00 e. The molecule has 96 valence electrons. The number of rotatable bonds is 2. The van der Waals surface area contributed by atoms with Crippen molar-refractivity contribution in [3.05, 3.63) is 40.6 Å². The van der Waals surface area contributed by atoms with E-state index >= 15 is 0 Å². The van der Waals surface area contributed by atoms with Gasteiger partial charge in [0.15, 0.2) is 0 Å². The Morgan fingerprint density at radius 2 is 1.89 bits per heavy atom. The van der Waals surface area contributed by atoms with E-state index in [0.717, 1.165) is 0 Å². The van der Waals surface area contributed by atoms with Crippen LogP contribution < -0.4 is 28.2 Å². The smallest absolute Gasteiger partial charge is 1.00 e. The van der Waals surface area contributed by atoms with E-state index in [9.17, 15) is 0 Å². The average Bonchev–Trinajstić information content (AvgIpc) is 2.64. The van der Waals surface area contributed by atoms with Crippen LogP contribution in [0.4, 0.5) is 0 Å². The zero-order chi connectivity index (χ0) is 11.3. The molecular formula is C14H17Cl2NZr. The van der Waals surface area contributed by atoms with Crippen LogP contribution in [-0.2, 0) is 23.2 Å². The quantitative estimate of drug-likeness (QED) is 0.582. The molecule has 0 aromatic carbocycles. The molecule has 4 heteroatoms. The van der Waals surface area contributed by atoms with Gasteiger partial charge in [0.05, 0.1) is 0 Å². The van der Waals surface area contributed by atoms with Crippen LogP contribution in [0.5, 0.6) is 0 Å². The predicted molar refractivity (Wildman–Crippen MR) is 63.8 cm³/mol. The maximum atomic E-state index is 3.63. The molecule has 18 heavy (non-hydrogen) atoms. The molecule has 1 aromatic heterocycles. The molecule has 1 atom stereocenters. The predicted octanol–water partition coefficient (Wildman–Crippen LogP) is -2.90. The Morgan fingerprint density at radius 1 is 1.17 bits per heavy atom. The van der Waals surface area contributed by atoms with Crippen LogP contribution in [0.2, 0.25) is 3.12 Å². The fraction of sp³-hybridized carbons (Fsp3) is 0.429. The molecule has 2 aliphatic rings. The second kappa shape index (κ2) is 5.69. The van der Waals surface area contributed by atoms with Crippen LogP contribution in [-0.4, -0.2) is 4.98 Å². The van der Waals surface area contributed by atoms with Crippen LogP contribution >= 0.6 is 0 Å². The number of halogens is 2. The zero-order valence-corrected chi connectivity index (χ0v) is 14.9. The zero-order valence-electron chi connectivity index (χ0n) is 10.9. The number of H-pyrrole nitrogens is 1. The number of hydrogen-bond acceptors (Lipinski definition) is 0. The molecule has 1 unspecified atom stereocenters. The summed E-state index contributed by atoms with van der Waals surface area (Å²) in [5.74, 6) is 0. The van der Waals surface area contributed by atoms with Gasteiger partial charge in [0.1, 0.15) is 0 Å². The van der Waals surface area contributed by atoms with E-state index in [-0.39, 0.29) is 24.8 Å². The van der Waals surface area contributed by atoms with Gasteiger partial charge in [-0.25, -0.2) is 0 Å². The van der Waals surface area contributed by atoms with Crippen LogP contribution in [0.1, 0.15) is 29.7 Å². The van der Waals surface area contributed by atoms with Crippen LogP contribution in [0.3, 0.4) is 0 Å². The van der Waals surface area contributed by atoms with Crippen molar-refractivity contribution in [2.75, 3.05) is 0 Å². The molecule has 0 amide bonds. The Bertz CT molecular complexity index is 516. The third kappa shape index (κ3) is 2.32. The molecule has 1 nitrogen and oxygen atoms in total.